The van der Waals surface area contributed by atoms with Crippen molar-refractivity contribution in [3.8, 4) is 0 Å². The van der Waals surface area contributed by atoms with Crippen LogP contribution in [-0.2, 0) is 6.42 Å². The highest BCUT2D eigenvalue weighted by atomic mass is 16.5. The van der Waals surface area contributed by atoms with Gasteiger partial charge in [0.25, 0.3) is 0 Å². The van der Waals surface area contributed by atoms with Crippen molar-refractivity contribution < 1.29 is 9.63 Å². The van der Waals surface area contributed by atoms with Crippen LogP contribution < -0.4 is 5.73 Å². The largest absolute Gasteiger partial charge is 0.394 e. The fourth-order valence-corrected chi connectivity index (χ4v) is 0.640. The van der Waals surface area contributed by atoms with Gasteiger partial charge < -0.3 is 15.4 Å². The van der Waals surface area contributed by atoms with E-state index in [0.29, 0.717) is 18.1 Å². The highest BCUT2D eigenvalue weighted by Crippen LogP contribution is 2.05. The molecular formula is C6H11N3O2. The van der Waals surface area contributed by atoms with Gasteiger partial charge in [-0.15, -0.1) is 0 Å². The quantitative estimate of drug-likeness (QED) is 0.625. The lowest BCUT2D eigenvalue weighted by atomic mass is 10.3. The minimum atomic E-state index is -0.553. The van der Waals surface area contributed by atoms with Gasteiger partial charge in [0.1, 0.15) is 6.04 Å². The molecule has 0 saturated heterocycles. The first kappa shape index (κ1) is 8.16. The van der Waals surface area contributed by atoms with Crippen LogP contribution in [0.3, 0.4) is 0 Å². The Morgan fingerprint density at radius 3 is 2.91 bits per heavy atom. The number of hydrogen-bond donors (Lipinski definition) is 2. The summed E-state index contributed by atoms with van der Waals surface area (Å²) in [4.78, 5) is 3.94. The van der Waals surface area contributed by atoms with E-state index in [0.717, 1.165) is 0 Å². The fraction of sp³-hybridized carbons (Fsp3) is 0.667. The standard InChI is InChI=1S/C6H11N3O2/c1-2-5-8-6(11-9-5)4(7)3-10/h4,10H,2-3,7H2,1H3/t4-/m1/s1. The van der Waals surface area contributed by atoms with Crippen molar-refractivity contribution in [2.45, 2.75) is 19.4 Å². The van der Waals surface area contributed by atoms with E-state index < -0.39 is 6.04 Å². The van der Waals surface area contributed by atoms with Crippen LogP contribution in [0.1, 0.15) is 24.7 Å². The van der Waals surface area contributed by atoms with Gasteiger partial charge in [0.2, 0.25) is 5.89 Å². The molecule has 11 heavy (non-hydrogen) atoms. The van der Waals surface area contributed by atoms with Gasteiger partial charge in [0.15, 0.2) is 5.82 Å². The Balaban J connectivity index is 2.71. The van der Waals surface area contributed by atoms with Crippen molar-refractivity contribution in [1.82, 2.24) is 10.1 Å². The molecule has 0 aromatic carbocycles. The number of aromatic nitrogens is 2. The van der Waals surface area contributed by atoms with E-state index in [1.807, 2.05) is 6.92 Å². The van der Waals surface area contributed by atoms with E-state index in [1.165, 1.54) is 0 Å². The van der Waals surface area contributed by atoms with Gasteiger partial charge in [0, 0.05) is 6.42 Å². The van der Waals surface area contributed by atoms with E-state index in [9.17, 15) is 0 Å². The van der Waals surface area contributed by atoms with Crippen LogP contribution in [0.25, 0.3) is 0 Å². The van der Waals surface area contributed by atoms with Crippen LogP contribution in [0.5, 0.6) is 0 Å². The lowest BCUT2D eigenvalue weighted by molar-refractivity contribution is 0.236. The molecule has 0 aliphatic carbocycles. The fourth-order valence-electron chi connectivity index (χ4n) is 0.640. The van der Waals surface area contributed by atoms with Gasteiger partial charge in [-0.1, -0.05) is 12.1 Å². The van der Waals surface area contributed by atoms with Crippen molar-refractivity contribution in [2.24, 2.45) is 5.73 Å². The molecule has 0 unspecified atom stereocenters. The lowest BCUT2D eigenvalue weighted by Crippen LogP contribution is -2.14. The molecule has 1 aromatic heterocycles. The van der Waals surface area contributed by atoms with Crippen LogP contribution in [0.15, 0.2) is 4.52 Å². The summed E-state index contributed by atoms with van der Waals surface area (Å²) in [5.74, 6) is 0.910. The number of aliphatic hydroxyl groups is 1. The molecule has 0 fully saturated rings. The number of hydrogen-bond acceptors (Lipinski definition) is 5. The summed E-state index contributed by atoms with van der Waals surface area (Å²) in [5.41, 5.74) is 5.42. The molecule has 3 N–H and O–H groups in total. The molecule has 62 valence electrons. The van der Waals surface area contributed by atoms with E-state index in [4.69, 9.17) is 15.4 Å². The van der Waals surface area contributed by atoms with E-state index in [1.54, 1.807) is 0 Å². The van der Waals surface area contributed by atoms with Crippen LogP contribution in [0.2, 0.25) is 0 Å². The Kier molecular flexibility index (Phi) is 2.56. The third kappa shape index (κ3) is 1.75. The molecule has 0 radical (unpaired) electrons. The van der Waals surface area contributed by atoms with Crippen molar-refractivity contribution >= 4 is 0 Å². The number of nitrogens with two attached hydrogens (primary N) is 1. The summed E-state index contributed by atoms with van der Waals surface area (Å²) in [7, 11) is 0. The van der Waals surface area contributed by atoms with Gasteiger partial charge >= 0.3 is 0 Å². The van der Waals surface area contributed by atoms with Crippen LogP contribution in [0.4, 0.5) is 0 Å². The summed E-state index contributed by atoms with van der Waals surface area (Å²) >= 11 is 0. The van der Waals surface area contributed by atoms with Gasteiger partial charge in [-0.3, -0.25) is 0 Å². The number of aliphatic hydroxyl groups excluding tert-OH is 1. The molecule has 0 aliphatic heterocycles. The molecule has 1 atom stereocenters. The first-order chi connectivity index (χ1) is 5.27. The average molecular weight is 157 g/mol. The normalized spacial score (nSPS) is 13.4. The highest BCUT2D eigenvalue weighted by molar-refractivity contribution is 4.90. The summed E-state index contributed by atoms with van der Waals surface area (Å²) in [5, 5.41) is 12.2. The summed E-state index contributed by atoms with van der Waals surface area (Å²) in [6.07, 6.45) is 0.710. The minimum Gasteiger partial charge on any atom is -0.394 e. The third-order valence-electron chi connectivity index (χ3n) is 1.31. The van der Waals surface area contributed by atoms with Gasteiger partial charge in [-0.05, 0) is 0 Å². The summed E-state index contributed by atoms with van der Waals surface area (Å²) < 4.78 is 4.76. The Hall–Kier alpha value is -0.940. The van der Waals surface area contributed by atoms with Crippen molar-refractivity contribution in [2.75, 3.05) is 6.61 Å². The van der Waals surface area contributed by atoms with Crippen molar-refractivity contribution in [3.63, 3.8) is 0 Å². The first-order valence-corrected chi connectivity index (χ1v) is 3.46. The molecule has 0 saturated carbocycles. The van der Waals surface area contributed by atoms with E-state index >= 15 is 0 Å². The second kappa shape index (κ2) is 3.45. The molecule has 1 heterocycles. The number of rotatable bonds is 3. The molecule has 5 nitrogen and oxygen atoms in total. The second-order valence-corrected chi connectivity index (χ2v) is 2.19. The molecule has 0 amide bonds. The van der Waals surface area contributed by atoms with Crippen molar-refractivity contribution in [3.05, 3.63) is 11.7 Å². The Morgan fingerprint density at radius 1 is 1.73 bits per heavy atom. The lowest BCUT2D eigenvalue weighted by Gasteiger charge is -1.98. The van der Waals surface area contributed by atoms with Gasteiger partial charge in [-0.2, -0.15) is 4.98 Å². The zero-order valence-corrected chi connectivity index (χ0v) is 6.32. The smallest absolute Gasteiger partial charge is 0.245 e. The predicted octanol–water partition coefficient (Wildman–Crippen LogP) is -0.376. The maximum Gasteiger partial charge on any atom is 0.245 e. The van der Waals surface area contributed by atoms with Crippen molar-refractivity contribution in [1.29, 1.82) is 0 Å². The highest BCUT2D eigenvalue weighted by Gasteiger charge is 2.11. The molecule has 0 spiro atoms. The number of aryl methyl sites for hydroxylation is 1. The number of nitrogens with zero attached hydrogens (tertiary/aromatic N) is 2. The molecule has 0 aliphatic rings. The van der Waals surface area contributed by atoms with Gasteiger partial charge in [0.05, 0.1) is 6.61 Å². The molecular weight excluding hydrogens is 146 g/mol. The van der Waals surface area contributed by atoms with E-state index in [-0.39, 0.29) is 6.61 Å². The average Bonchev–Trinajstić information content (AvgIpc) is 2.50. The van der Waals surface area contributed by atoms with Crippen LogP contribution in [-0.4, -0.2) is 21.9 Å². The summed E-state index contributed by atoms with van der Waals surface area (Å²) in [6, 6.07) is -0.553. The first-order valence-electron chi connectivity index (χ1n) is 3.46. The summed E-state index contributed by atoms with van der Waals surface area (Å²) in [6.45, 7) is 1.74. The third-order valence-corrected chi connectivity index (χ3v) is 1.31. The van der Waals surface area contributed by atoms with Crippen LogP contribution >= 0.6 is 0 Å². The zero-order valence-electron chi connectivity index (χ0n) is 6.32. The minimum absolute atomic E-state index is 0.175. The van der Waals surface area contributed by atoms with E-state index in [2.05, 4.69) is 10.1 Å². The Labute approximate surface area is 64.2 Å². The Morgan fingerprint density at radius 2 is 2.45 bits per heavy atom. The Bertz CT molecular complexity index is 223. The SMILES string of the molecule is CCc1noc([C@H](N)CO)n1. The molecule has 5 heteroatoms. The monoisotopic (exact) mass is 157 g/mol. The van der Waals surface area contributed by atoms with Crippen LogP contribution in [0, 0.1) is 0 Å². The maximum absolute atomic E-state index is 8.62. The molecule has 1 aromatic rings. The zero-order chi connectivity index (χ0) is 8.27. The predicted molar refractivity (Wildman–Crippen MR) is 37.7 cm³/mol. The van der Waals surface area contributed by atoms with Gasteiger partial charge in [-0.25, -0.2) is 0 Å². The topological polar surface area (TPSA) is 85.2 Å². The second-order valence-electron chi connectivity index (χ2n) is 2.19. The maximum atomic E-state index is 8.62. The molecule has 0 bridgehead atoms. The molecule has 1 rings (SSSR count).